The van der Waals surface area contributed by atoms with Gasteiger partial charge in [0.1, 0.15) is 6.04 Å². The van der Waals surface area contributed by atoms with E-state index >= 15 is 0 Å². The van der Waals surface area contributed by atoms with Crippen molar-refractivity contribution in [2.45, 2.75) is 18.9 Å². The van der Waals surface area contributed by atoms with Crippen LogP contribution >= 0.6 is 0 Å². The van der Waals surface area contributed by atoms with Gasteiger partial charge in [-0.05, 0) is 30.5 Å². The molecule has 15 heavy (non-hydrogen) atoms. The summed E-state index contributed by atoms with van der Waals surface area (Å²) in [5.74, 6) is -1.45. The number of phenolic OH excluding ortho intramolecular Hbond substituents is 2. The first kappa shape index (κ1) is 11.3. The molecule has 0 saturated carbocycles. The van der Waals surface area contributed by atoms with Crippen molar-refractivity contribution in [1.29, 1.82) is 0 Å². The lowest BCUT2D eigenvalue weighted by Crippen LogP contribution is -2.30. The molecule has 0 aliphatic heterocycles. The summed E-state index contributed by atoms with van der Waals surface area (Å²) in [6.45, 7) is 0. The number of aliphatic carboxylic acids is 1. The Morgan fingerprint density at radius 3 is 2.53 bits per heavy atom. The van der Waals surface area contributed by atoms with Crippen LogP contribution in [0.2, 0.25) is 0 Å². The molecule has 5 heteroatoms. The Morgan fingerprint density at radius 1 is 1.33 bits per heavy atom. The van der Waals surface area contributed by atoms with Crippen LogP contribution in [-0.2, 0) is 11.2 Å². The number of carboxylic acids is 1. The Bertz CT molecular complexity index is 364. The molecule has 0 bridgehead atoms. The van der Waals surface area contributed by atoms with Crippen molar-refractivity contribution in [3.05, 3.63) is 23.8 Å². The SMILES string of the molecule is NC(CCc1ccc(O)c(O)c1)C(=O)O. The van der Waals surface area contributed by atoms with E-state index in [9.17, 15) is 9.90 Å². The Kier molecular flexibility index (Phi) is 3.51. The molecule has 0 aliphatic carbocycles. The number of nitrogens with two attached hydrogens (primary N) is 1. The fourth-order valence-electron chi connectivity index (χ4n) is 1.17. The van der Waals surface area contributed by atoms with Gasteiger partial charge in [-0.1, -0.05) is 6.07 Å². The fourth-order valence-corrected chi connectivity index (χ4v) is 1.17. The number of carbonyl (C=O) groups is 1. The number of rotatable bonds is 4. The Labute approximate surface area is 86.8 Å². The topological polar surface area (TPSA) is 104 Å². The zero-order valence-corrected chi connectivity index (χ0v) is 8.05. The van der Waals surface area contributed by atoms with E-state index < -0.39 is 12.0 Å². The molecule has 0 aliphatic rings. The average molecular weight is 211 g/mol. The highest BCUT2D eigenvalue weighted by Gasteiger charge is 2.11. The molecule has 0 heterocycles. The van der Waals surface area contributed by atoms with E-state index in [0.717, 1.165) is 5.56 Å². The number of phenols is 2. The summed E-state index contributed by atoms with van der Waals surface area (Å²) in [7, 11) is 0. The van der Waals surface area contributed by atoms with E-state index in [-0.39, 0.29) is 11.5 Å². The molecule has 82 valence electrons. The third-order valence-electron chi connectivity index (χ3n) is 2.10. The molecule has 0 aromatic heterocycles. The van der Waals surface area contributed by atoms with Gasteiger partial charge in [0.15, 0.2) is 11.5 Å². The zero-order valence-electron chi connectivity index (χ0n) is 8.05. The zero-order chi connectivity index (χ0) is 11.4. The van der Waals surface area contributed by atoms with Crippen molar-refractivity contribution < 1.29 is 20.1 Å². The third kappa shape index (κ3) is 3.14. The summed E-state index contributed by atoms with van der Waals surface area (Å²) in [5, 5.41) is 26.8. The van der Waals surface area contributed by atoms with E-state index in [4.69, 9.17) is 15.9 Å². The first-order chi connectivity index (χ1) is 7.00. The quantitative estimate of drug-likeness (QED) is 0.541. The van der Waals surface area contributed by atoms with Crippen LogP contribution in [0.4, 0.5) is 0 Å². The fraction of sp³-hybridized carbons (Fsp3) is 0.300. The lowest BCUT2D eigenvalue weighted by molar-refractivity contribution is -0.138. The molecule has 0 saturated heterocycles. The van der Waals surface area contributed by atoms with Crippen molar-refractivity contribution in [2.75, 3.05) is 0 Å². The molecule has 0 amide bonds. The van der Waals surface area contributed by atoms with Crippen LogP contribution in [-0.4, -0.2) is 27.3 Å². The predicted octanol–water partition coefficient (Wildman–Crippen LogP) is 0.442. The molecule has 5 N–H and O–H groups in total. The first-order valence-corrected chi connectivity index (χ1v) is 4.50. The minimum absolute atomic E-state index is 0.193. The summed E-state index contributed by atoms with van der Waals surface area (Å²) < 4.78 is 0. The van der Waals surface area contributed by atoms with Crippen LogP contribution in [0.3, 0.4) is 0 Å². The molecule has 1 atom stereocenters. The molecule has 1 aromatic rings. The van der Waals surface area contributed by atoms with Crippen LogP contribution in [0.15, 0.2) is 18.2 Å². The van der Waals surface area contributed by atoms with Gasteiger partial charge in [0.25, 0.3) is 0 Å². The Hall–Kier alpha value is -1.75. The van der Waals surface area contributed by atoms with Crippen molar-refractivity contribution in [3.8, 4) is 11.5 Å². The molecule has 1 rings (SSSR count). The lowest BCUT2D eigenvalue weighted by atomic mass is 10.1. The van der Waals surface area contributed by atoms with Gasteiger partial charge in [0, 0.05) is 0 Å². The number of benzene rings is 1. The molecular weight excluding hydrogens is 198 g/mol. The second kappa shape index (κ2) is 4.65. The number of carboxylic acid groups (broad SMARTS) is 1. The number of hydrogen-bond acceptors (Lipinski definition) is 4. The van der Waals surface area contributed by atoms with Gasteiger partial charge in [-0.25, -0.2) is 0 Å². The second-order valence-corrected chi connectivity index (χ2v) is 3.31. The van der Waals surface area contributed by atoms with E-state index in [0.29, 0.717) is 12.8 Å². The molecule has 0 radical (unpaired) electrons. The minimum Gasteiger partial charge on any atom is -0.504 e. The van der Waals surface area contributed by atoms with E-state index in [1.165, 1.54) is 12.1 Å². The van der Waals surface area contributed by atoms with Crippen LogP contribution in [0, 0.1) is 0 Å². The third-order valence-corrected chi connectivity index (χ3v) is 2.10. The van der Waals surface area contributed by atoms with E-state index in [1.54, 1.807) is 6.07 Å². The van der Waals surface area contributed by atoms with E-state index in [1.807, 2.05) is 0 Å². The highest BCUT2D eigenvalue weighted by atomic mass is 16.4. The van der Waals surface area contributed by atoms with Crippen LogP contribution in [0.5, 0.6) is 11.5 Å². The smallest absolute Gasteiger partial charge is 0.320 e. The van der Waals surface area contributed by atoms with Crippen LogP contribution in [0.25, 0.3) is 0 Å². The summed E-state index contributed by atoms with van der Waals surface area (Å²) in [4.78, 5) is 10.4. The van der Waals surface area contributed by atoms with Crippen molar-refractivity contribution in [2.24, 2.45) is 5.73 Å². The van der Waals surface area contributed by atoms with Crippen molar-refractivity contribution >= 4 is 5.97 Å². The summed E-state index contributed by atoms with van der Waals surface area (Å²) in [5.41, 5.74) is 6.06. The van der Waals surface area contributed by atoms with Crippen molar-refractivity contribution in [3.63, 3.8) is 0 Å². The molecule has 5 nitrogen and oxygen atoms in total. The van der Waals surface area contributed by atoms with Gasteiger partial charge in [0.2, 0.25) is 0 Å². The molecule has 0 fully saturated rings. The summed E-state index contributed by atoms with van der Waals surface area (Å²) >= 11 is 0. The number of hydrogen-bond donors (Lipinski definition) is 4. The Balaban J connectivity index is 2.58. The summed E-state index contributed by atoms with van der Waals surface area (Å²) in [6, 6.07) is 3.46. The Morgan fingerprint density at radius 2 is 2.00 bits per heavy atom. The maximum atomic E-state index is 10.4. The highest BCUT2D eigenvalue weighted by molar-refractivity contribution is 5.73. The largest absolute Gasteiger partial charge is 0.504 e. The lowest BCUT2D eigenvalue weighted by Gasteiger charge is -2.06. The molecule has 1 aromatic carbocycles. The average Bonchev–Trinajstić information content (AvgIpc) is 2.19. The molecular formula is C10H13NO4. The van der Waals surface area contributed by atoms with Gasteiger partial charge in [0.05, 0.1) is 0 Å². The van der Waals surface area contributed by atoms with Gasteiger partial charge < -0.3 is 21.1 Å². The second-order valence-electron chi connectivity index (χ2n) is 3.31. The highest BCUT2D eigenvalue weighted by Crippen LogP contribution is 2.25. The van der Waals surface area contributed by atoms with Crippen LogP contribution < -0.4 is 5.73 Å². The van der Waals surface area contributed by atoms with Crippen LogP contribution in [0.1, 0.15) is 12.0 Å². The van der Waals surface area contributed by atoms with Crippen molar-refractivity contribution in [1.82, 2.24) is 0 Å². The van der Waals surface area contributed by atoms with Gasteiger partial charge in [-0.3, -0.25) is 4.79 Å². The summed E-state index contributed by atoms with van der Waals surface area (Å²) in [6.07, 6.45) is 0.737. The molecule has 1 unspecified atom stereocenters. The van der Waals surface area contributed by atoms with Gasteiger partial charge >= 0.3 is 5.97 Å². The standard InChI is InChI=1S/C10H13NO4/c11-7(10(14)15)3-1-6-2-4-8(12)9(13)5-6/h2,4-5,7,12-13H,1,3,11H2,(H,14,15). The maximum absolute atomic E-state index is 10.4. The van der Waals surface area contributed by atoms with Gasteiger partial charge in [-0.2, -0.15) is 0 Å². The van der Waals surface area contributed by atoms with E-state index in [2.05, 4.69) is 0 Å². The number of aryl methyl sites for hydroxylation is 1. The minimum atomic E-state index is -1.04. The first-order valence-electron chi connectivity index (χ1n) is 4.50. The van der Waals surface area contributed by atoms with Gasteiger partial charge in [-0.15, -0.1) is 0 Å². The number of aromatic hydroxyl groups is 2. The molecule has 0 spiro atoms. The maximum Gasteiger partial charge on any atom is 0.320 e. The monoisotopic (exact) mass is 211 g/mol. The predicted molar refractivity (Wildman–Crippen MR) is 53.7 cm³/mol. The normalized spacial score (nSPS) is 12.3.